The van der Waals surface area contributed by atoms with E-state index in [-0.39, 0.29) is 0 Å². The highest BCUT2D eigenvalue weighted by molar-refractivity contribution is 5.92. The van der Waals surface area contributed by atoms with E-state index in [0.717, 1.165) is 67.6 Å². The Morgan fingerprint density at radius 2 is 1.23 bits per heavy atom. The van der Waals surface area contributed by atoms with Gasteiger partial charge in [0.25, 0.3) is 0 Å². The van der Waals surface area contributed by atoms with Crippen LogP contribution < -0.4 is 10.8 Å². The van der Waals surface area contributed by atoms with E-state index in [0.29, 0.717) is 16.7 Å². The highest BCUT2D eigenvalue weighted by Crippen LogP contribution is 2.30. The topological polar surface area (TPSA) is 66.1 Å². The van der Waals surface area contributed by atoms with Crippen molar-refractivity contribution in [3.8, 4) is 34.2 Å². The number of nitrogens with zero attached hydrogens (tertiary/aromatic N) is 6. The summed E-state index contributed by atoms with van der Waals surface area (Å²) < 4.78 is 12.7. The van der Waals surface area contributed by atoms with Gasteiger partial charge < -0.3 is 4.42 Å². The van der Waals surface area contributed by atoms with Crippen LogP contribution in [0.1, 0.15) is 11.4 Å². The lowest BCUT2D eigenvalue weighted by Gasteiger charge is -2.10. The highest BCUT2D eigenvalue weighted by Gasteiger charge is 2.18. The zero-order valence-corrected chi connectivity index (χ0v) is 25.6. The van der Waals surface area contributed by atoms with Gasteiger partial charge in [0.2, 0.25) is 11.7 Å². The van der Waals surface area contributed by atoms with E-state index in [4.69, 9.17) is 19.4 Å². The van der Waals surface area contributed by atoms with E-state index in [1.54, 1.807) is 0 Å². The molecule has 4 heterocycles. The van der Waals surface area contributed by atoms with E-state index in [2.05, 4.69) is 99.0 Å². The summed E-state index contributed by atoms with van der Waals surface area (Å²) in [6.07, 6.45) is 2.01. The standard InChI is InChI=1S/C40H28N6O/c1-26-37(44(30-15-7-4-8-16-30)38(41-26)28-13-5-3-6-14-28)25-33-27(2)47-39(42-33)29-21-23-31(24-22-29)45-35-19-11-12-20-36(35)46-34-18-10-9-17-32(34)43-40(45)46/h3-25H,2H2,1H3/b33-25+. The Hall–Kier alpha value is -6.47. The van der Waals surface area contributed by atoms with Crippen molar-refractivity contribution >= 4 is 40.5 Å². The van der Waals surface area contributed by atoms with Crippen LogP contribution in [-0.4, -0.2) is 28.5 Å². The van der Waals surface area contributed by atoms with Crippen molar-refractivity contribution < 1.29 is 4.42 Å². The minimum atomic E-state index is 0.493. The van der Waals surface area contributed by atoms with E-state index >= 15 is 0 Å². The lowest BCUT2D eigenvalue weighted by Crippen LogP contribution is -2.21. The zero-order valence-electron chi connectivity index (χ0n) is 25.6. The molecule has 5 aromatic carbocycles. The number of aromatic nitrogens is 6. The van der Waals surface area contributed by atoms with Crippen LogP contribution in [-0.2, 0) is 0 Å². The number of imidazole rings is 3. The van der Waals surface area contributed by atoms with Gasteiger partial charge in [-0.05, 0) is 73.7 Å². The third-order valence-electron chi connectivity index (χ3n) is 8.62. The summed E-state index contributed by atoms with van der Waals surface area (Å²) in [5.74, 6) is 2.24. The van der Waals surface area contributed by atoms with Crippen molar-refractivity contribution in [1.82, 2.24) is 28.5 Å². The molecule has 0 bridgehead atoms. The maximum absolute atomic E-state index is 6.15. The van der Waals surface area contributed by atoms with E-state index in [9.17, 15) is 0 Å². The first kappa shape index (κ1) is 26.9. The SMILES string of the molecule is C=c1oc(-c2ccc(-n3c4ccccc4n4c5ccccc5nc34)cc2)n/c1=C/c1c(C)nc(-c2ccccc2)n1-c1ccccc1. The van der Waals surface area contributed by atoms with Gasteiger partial charge in [-0.2, -0.15) is 0 Å². The summed E-state index contributed by atoms with van der Waals surface area (Å²) in [5, 5.41) is 0.658. The Morgan fingerprint density at radius 3 is 2.00 bits per heavy atom. The van der Waals surface area contributed by atoms with Gasteiger partial charge in [0.15, 0.2) is 0 Å². The fourth-order valence-electron chi connectivity index (χ4n) is 6.42. The molecule has 0 saturated carbocycles. The van der Waals surface area contributed by atoms with Crippen LogP contribution in [0.3, 0.4) is 0 Å². The van der Waals surface area contributed by atoms with E-state index in [1.807, 2.05) is 67.6 Å². The van der Waals surface area contributed by atoms with E-state index in [1.165, 1.54) is 0 Å². The molecular weight excluding hydrogens is 580 g/mol. The summed E-state index contributed by atoms with van der Waals surface area (Å²) >= 11 is 0. The Bertz CT molecular complexity index is 2700. The predicted octanol–water partition coefficient (Wildman–Crippen LogP) is 7.49. The molecular formula is C40H28N6O. The summed E-state index contributed by atoms with van der Waals surface area (Å²) in [7, 11) is 0. The van der Waals surface area contributed by atoms with Crippen LogP contribution >= 0.6 is 0 Å². The lowest BCUT2D eigenvalue weighted by molar-refractivity contribution is 0.542. The second kappa shape index (κ2) is 10.6. The van der Waals surface area contributed by atoms with Crippen molar-refractivity contribution in [1.29, 1.82) is 0 Å². The number of hydrogen-bond acceptors (Lipinski definition) is 4. The molecule has 0 aliphatic heterocycles. The molecule has 0 amide bonds. The van der Waals surface area contributed by atoms with Crippen LogP contribution in [0.25, 0.3) is 74.7 Å². The smallest absolute Gasteiger partial charge is 0.227 e. The van der Waals surface area contributed by atoms with Gasteiger partial charge in [-0.15, -0.1) is 0 Å². The van der Waals surface area contributed by atoms with Crippen molar-refractivity contribution in [2.24, 2.45) is 0 Å². The third-order valence-corrected chi connectivity index (χ3v) is 8.62. The number of oxazole rings is 1. The van der Waals surface area contributed by atoms with Crippen molar-refractivity contribution in [3.63, 3.8) is 0 Å². The number of fused-ring (bicyclic) bond motifs is 5. The average Bonchev–Trinajstić information content (AvgIpc) is 3.86. The first-order chi connectivity index (χ1) is 23.1. The molecule has 0 N–H and O–H groups in total. The van der Waals surface area contributed by atoms with Crippen molar-refractivity contribution in [3.05, 3.63) is 156 Å². The third kappa shape index (κ3) is 4.32. The second-order valence-electron chi connectivity index (χ2n) is 11.5. The van der Waals surface area contributed by atoms with Gasteiger partial charge in [-0.1, -0.05) is 79.4 Å². The maximum atomic E-state index is 6.15. The fraction of sp³-hybridized carbons (Fsp3) is 0.0250. The normalized spacial score (nSPS) is 12.1. The predicted molar refractivity (Wildman–Crippen MR) is 187 cm³/mol. The molecule has 4 aromatic heterocycles. The molecule has 0 unspecified atom stereocenters. The largest absolute Gasteiger partial charge is 0.437 e. The zero-order chi connectivity index (χ0) is 31.5. The van der Waals surface area contributed by atoms with Crippen LogP contribution in [0.5, 0.6) is 0 Å². The van der Waals surface area contributed by atoms with Gasteiger partial charge in [-0.25, -0.2) is 15.0 Å². The molecule has 47 heavy (non-hydrogen) atoms. The number of rotatable bonds is 5. The monoisotopic (exact) mass is 608 g/mol. The number of benzene rings is 5. The first-order valence-electron chi connectivity index (χ1n) is 15.5. The van der Waals surface area contributed by atoms with Gasteiger partial charge in [0.05, 0.1) is 33.5 Å². The van der Waals surface area contributed by atoms with Crippen LogP contribution in [0.2, 0.25) is 0 Å². The van der Waals surface area contributed by atoms with Crippen LogP contribution in [0.4, 0.5) is 0 Å². The number of hydrogen-bond donors (Lipinski definition) is 0. The molecule has 0 atom stereocenters. The summed E-state index contributed by atoms with van der Waals surface area (Å²) in [6.45, 7) is 6.22. The molecule has 7 heteroatoms. The number of para-hydroxylation sites is 5. The van der Waals surface area contributed by atoms with Crippen molar-refractivity contribution in [2.75, 3.05) is 0 Å². The Morgan fingerprint density at radius 1 is 0.596 bits per heavy atom. The highest BCUT2D eigenvalue weighted by atomic mass is 16.3. The molecule has 9 aromatic rings. The average molecular weight is 609 g/mol. The molecule has 7 nitrogen and oxygen atoms in total. The van der Waals surface area contributed by atoms with Crippen LogP contribution in [0.15, 0.2) is 138 Å². The van der Waals surface area contributed by atoms with Gasteiger partial charge in [-0.3, -0.25) is 13.5 Å². The van der Waals surface area contributed by atoms with Gasteiger partial charge in [0.1, 0.15) is 16.6 Å². The van der Waals surface area contributed by atoms with Gasteiger partial charge >= 0.3 is 0 Å². The Balaban J connectivity index is 1.14. The number of aryl methyl sites for hydroxylation is 1. The van der Waals surface area contributed by atoms with Crippen LogP contribution in [0, 0.1) is 6.92 Å². The summed E-state index contributed by atoms with van der Waals surface area (Å²) in [5.41, 5.74) is 10.4. The molecule has 0 saturated heterocycles. The fourth-order valence-corrected chi connectivity index (χ4v) is 6.42. The molecule has 224 valence electrons. The second-order valence-corrected chi connectivity index (χ2v) is 11.5. The molecule has 0 radical (unpaired) electrons. The molecule has 0 fully saturated rings. The first-order valence-corrected chi connectivity index (χ1v) is 15.5. The minimum absolute atomic E-state index is 0.493. The van der Waals surface area contributed by atoms with E-state index < -0.39 is 0 Å². The summed E-state index contributed by atoms with van der Waals surface area (Å²) in [6, 6.07) is 45.3. The lowest BCUT2D eigenvalue weighted by atomic mass is 10.2. The molecule has 0 spiro atoms. The minimum Gasteiger partial charge on any atom is -0.437 e. The summed E-state index contributed by atoms with van der Waals surface area (Å²) in [4.78, 5) is 14.9. The molecule has 9 rings (SSSR count). The van der Waals surface area contributed by atoms with Gasteiger partial charge in [0, 0.05) is 22.5 Å². The Labute approximate surface area is 269 Å². The van der Waals surface area contributed by atoms with Crippen molar-refractivity contribution in [2.45, 2.75) is 6.92 Å². The Kier molecular flexibility index (Phi) is 6.04. The molecule has 0 aliphatic carbocycles. The molecule has 0 aliphatic rings. The maximum Gasteiger partial charge on any atom is 0.227 e. The quantitative estimate of drug-likeness (QED) is 0.203.